The average molecular weight is 550 g/mol. The van der Waals surface area contributed by atoms with E-state index in [-0.39, 0.29) is 16.8 Å². The van der Waals surface area contributed by atoms with Crippen molar-refractivity contribution in [1.29, 1.82) is 0 Å². The highest BCUT2D eigenvalue weighted by Crippen LogP contribution is 2.44. The summed E-state index contributed by atoms with van der Waals surface area (Å²) in [6.45, 7) is 0. The minimum Gasteiger partial charge on any atom is -0.268 e. The van der Waals surface area contributed by atoms with E-state index in [2.05, 4.69) is 19.8 Å². The summed E-state index contributed by atoms with van der Waals surface area (Å²) in [4.78, 5) is 7.89. The van der Waals surface area contributed by atoms with Crippen LogP contribution in [0, 0.1) is 0 Å². The normalized spacial score (nSPS) is 15.4. The van der Waals surface area contributed by atoms with Crippen molar-refractivity contribution in [3.8, 4) is 11.1 Å². The molecule has 0 radical (unpaired) electrons. The zero-order valence-electron chi connectivity index (χ0n) is 20.6. The second kappa shape index (κ2) is 9.19. The molecule has 1 aliphatic rings. The molecule has 0 saturated carbocycles. The van der Waals surface area contributed by atoms with E-state index >= 15 is 0 Å². The van der Waals surface area contributed by atoms with Crippen molar-refractivity contribution in [3.05, 3.63) is 102 Å². The summed E-state index contributed by atoms with van der Waals surface area (Å²) in [5, 5.41) is 5.07. The number of rotatable bonds is 5. The summed E-state index contributed by atoms with van der Waals surface area (Å²) in [5.41, 5.74) is 3.81. The smallest absolute Gasteiger partial charge is 0.268 e. The fraction of sp³-hybridized carbons (Fsp3) is 0.179. The Balaban J connectivity index is 1.41. The zero-order valence-corrected chi connectivity index (χ0v) is 21.5. The molecule has 0 amide bonds. The fourth-order valence-corrected chi connectivity index (χ4v) is 6.24. The van der Waals surface area contributed by atoms with Crippen LogP contribution < -0.4 is 4.72 Å². The van der Waals surface area contributed by atoms with Gasteiger partial charge < -0.3 is 0 Å². The molecule has 0 spiro atoms. The number of benzene rings is 3. The molecule has 198 valence electrons. The van der Waals surface area contributed by atoms with Gasteiger partial charge in [-0.15, -0.1) is 0 Å². The van der Waals surface area contributed by atoms with Crippen LogP contribution in [0.2, 0.25) is 0 Å². The largest absolute Gasteiger partial charge is 0.416 e. The van der Waals surface area contributed by atoms with E-state index in [1.165, 1.54) is 24.5 Å². The summed E-state index contributed by atoms with van der Waals surface area (Å²) in [6, 6.07) is 15.8. The summed E-state index contributed by atoms with van der Waals surface area (Å²) in [7, 11) is -2.11. The third-order valence-electron chi connectivity index (χ3n) is 7.11. The van der Waals surface area contributed by atoms with Crippen molar-refractivity contribution in [2.45, 2.75) is 29.8 Å². The van der Waals surface area contributed by atoms with E-state index in [0.29, 0.717) is 24.0 Å². The first-order chi connectivity index (χ1) is 18.6. The van der Waals surface area contributed by atoms with Gasteiger partial charge in [-0.2, -0.15) is 18.3 Å². The molecule has 11 heteroatoms. The summed E-state index contributed by atoms with van der Waals surface area (Å²) in [5.74, 6) is -0.222. The number of aryl methyl sites for hydroxylation is 2. The van der Waals surface area contributed by atoms with E-state index in [4.69, 9.17) is 0 Å². The molecule has 7 nitrogen and oxygen atoms in total. The Bertz CT molecular complexity index is 1820. The van der Waals surface area contributed by atoms with Crippen molar-refractivity contribution < 1.29 is 21.6 Å². The Hall–Kier alpha value is -4.25. The number of hydrogen-bond donors (Lipinski definition) is 1. The van der Waals surface area contributed by atoms with Gasteiger partial charge in [0.1, 0.15) is 0 Å². The molecular formula is C28H22F3N5O2S. The van der Waals surface area contributed by atoms with Crippen molar-refractivity contribution in [3.63, 3.8) is 0 Å². The van der Waals surface area contributed by atoms with Gasteiger partial charge in [-0.25, -0.2) is 23.1 Å². The summed E-state index contributed by atoms with van der Waals surface area (Å²) < 4.78 is 71.1. The van der Waals surface area contributed by atoms with E-state index in [0.717, 1.165) is 33.7 Å². The van der Waals surface area contributed by atoms with Crippen LogP contribution in [0.4, 0.5) is 19.1 Å². The van der Waals surface area contributed by atoms with Crippen LogP contribution in [0.25, 0.3) is 22.0 Å². The number of anilines is 1. The molecule has 1 aliphatic carbocycles. The third kappa shape index (κ3) is 4.63. The number of aromatic nitrogens is 4. The first-order valence-electron chi connectivity index (χ1n) is 12.2. The molecule has 0 aliphatic heterocycles. The number of halogens is 3. The standard InChI is InChI=1S/C28H22F3N5O2S/c1-36-26-10-4-17(13-19(26)16-34-36)25-15-20(28(29,30)31)5-8-24(25)23-7-3-18-14-21(6-9-22(18)23)39(37,38)35-27-32-11-2-12-33-27/h2,4-6,8-16,23H,3,7H2,1H3,(H,32,33,35)/t23-/m0/s1. The van der Waals surface area contributed by atoms with E-state index in [1.54, 1.807) is 35.1 Å². The number of hydrogen-bond acceptors (Lipinski definition) is 5. The van der Waals surface area contributed by atoms with Crippen LogP contribution in [0.3, 0.4) is 0 Å². The van der Waals surface area contributed by atoms with Crippen molar-refractivity contribution in [1.82, 2.24) is 19.7 Å². The Morgan fingerprint density at radius 3 is 2.51 bits per heavy atom. The van der Waals surface area contributed by atoms with Crippen LogP contribution in [0.15, 0.2) is 84.1 Å². The molecule has 1 atom stereocenters. The first kappa shape index (κ1) is 25.1. The molecule has 0 unspecified atom stereocenters. The van der Waals surface area contributed by atoms with Crippen LogP contribution >= 0.6 is 0 Å². The van der Waals surface area contributed by atoms with Gasteiger partial charge in [-0.05, 0) is 83.1 Å². The van der Waals surface area contributed by atoms with Gasteiger partial charge in [0, 0.05) is 30.7 Å². The van der Waals surface area contributed by atoms with E-state index < -0.39 is 21.8 Å². The quantitative estimate of drug-likeness (QED) is 0.294. The minimum atomic E-state index is -4.49. The van der Waals surface area contributed by atoms with Gasteiger partial charge in [0.2, 0.25) is 5.95 Å². The molecule has 2 heterocycles. The molecule has 6 rings (SSSR count). The highest BCUT2D eigenvalue weighted by atomic mass is 32.2. The monoisotopic (exact) mass is 549 g/mol. The Morgan fingerprint density at radius 2 is 1.74 bits per heavy atom. The van der Waals surface area contributed by atoms with E-state index in [1.807, 2.05) is 25.2 Å². The maximum atomic E-state index is 13.7. The highest BCUT2D eigenvalue weighted by Gasteiger charge is 2.33. The predicted octanol–water partition coefficient (Wildman–Crippen LogP) is 5.93. The lowest BCUT2D eigenvalue weighted by Gasteiger charge is -2.20. The van der Waals surface area contributed by atoms with Gasteiger partial charge in [0.15, 0.2) is 0 Å². The SMILES string of the molecule is Cn1ncc2cc(-c3cc(C(F)(F)F)ccc3[C@H]3CCc4cc(S(=O)(=O)Nc5ncccn5)ccc43)ccc21. The first-order valence-corrected chi connectivity index (χ1v) is 13.6. The predicted molar refractivity (Wildman–Crippen MR) is 141 cm³/mol. The maximum Gasteiger partial charge on any atom is 0.416 e. The van der Waals surface area contributed by atoms with Crippen LogP contribution in [-0.4, -0.2) is 28.2 Å². The fourth-order valence-electron chi connectivity index (χ4n) is 5.23. The van der Waals surface area contributed by atoms with Crippen molar-refractivity contribution in [2.75, 3.05) is 4.72 Å². The minimum absolute atomic E-state index is 0.0316. The molecule has 0 bridgehead atoms. The molecule has 5 aromatic rings. The van der Waals surface area contributed by atoms with Crippen molar-refractivity contribution in [2.24, 2.45) is 7.05 Å². The topological polar surface area (TPSA) is 89.8 Å². The van der Waals surface area contributed by atoms with Gasteiger partial charge in [0.05, 0.1) is 22.2 Å². The highest BCUT2D eigenvalue weighted by molar-refractivity contribution is 7.92. The van der Waals surface area contributed by atoms with Crippen LogP contribution in [0.5, 0.6) is 0 Å². The third-order valence-corrected chi connectivity index (χ3v) is 8.43. The van der Waals surface area contributed by atoms with Gasteiger partial charge in [-0.3, -0.25) is 4.68 Å². The van der Waals surface area contributed by atoms with Gasteiger partial charge in [-0.1, -0.05) is 18.2 Å². The van der Waals surface area contributed by atoms with Gasteiger partial charge >= 0.3 is 6.18 Å². The molecule has 1 N–H and O–H groups in total. The molecule has 39 heavy (non-hydrogen) atoms. The summed E-state index contributed by atoms with van der Waals surface area (Å²) in [6.07, 6.45) is 1.30. The van der Waals surface area contributed by atoms with Crippen molar-refractivity contribution >= 4 is 26.9 Å². The molecular weight excluding hydrogens is 527 g/mol. The molecule has 0 saturated heterocycles. The number of nitrogens with zero attached hydrogens (tertiary/aromatic N) is 4. The second-order valence-electron chi connectivity index (χ2n) is 9.47. The Kier molecular flexibility index (Phi) is 5.91. The maximum absolute atomic E-state index is 13.7. The lowest BCUT2D eigenvalue weighted by Crippen LogP contribution is -2.15. The van der Waals surface area contributed by atoms with Crippen LogP contribution in [0.1, 0.15) is 34.6 Å². The summed E-state index contributed by atoms with van der Waals surface area (Å²) >= 11 is 0. The van der Waals surface area contributed by atoms with E-state index in [9.17, 15) is 21.6 Å². The number of fused-ring (bicyclic) bond motifs is 2. The zero-order chi connectivity index (χ0) is 27.4. The molecule has 2 aromatic heterocycles. The number of sulfonamides is 1. The number of nitrogens with one attached hydrogen (secondary N) is 1. The van der Waals surface area contributed by atoms with Crippen LogP contribution in [-0.2, 0) is 29.7 Å². The average Bonchev–Trinajstić information content (AvgIpc) is 3.51. The Labute approximate surface area is 222 Å². The lowest BCUT2D eigenvalue weighted by molar-refractivity contribution is -0.137. The second-order valence-corrected chi connectivity index (χ2v) is 11.2. The Morgan fingerprint density at radius 1 is 0.974 bits per heavy atom. The van der Waals surface area contributed by atoms with Gasteiger partial charge in [0.25, 0.3) is 10.0 Å². The molecule has 3 aromatic carbocycles. The molecule has 0 fully saturated rings. The lowest BCUT2D eigenvalue weighted by atomic mass is 9.85. The number of alkyl halides is 3.